The lowest BCUT2D eigenvalue weighted by Crippen LogP contribution is -2.37. The van der Waals surface area contributed by atoms with Crippen molar-refractivity contribution in [2.75, 3.05) is 18.9 Å². The molecule has 0 aliphatic rings. The van der Waals surface area contributed by atoms with Crippen molar-refractivity contribution in [2.24, 2.45) is 0 Å². The molecule has 1 atom stereocenters. The van der Waals surface area contributed by atoms with Crippen LogP contribution in [0.25, 0.3) is 0 Å². The molecular weight excluding hydrogens is 314 g/mol. The number of likely N-dealkylation sites (N-methyl/N-ethyl adjacent to an activating group) is 1. The van der Waals surface area contributed by atoms with E-state index < -0.39 is 10.0 Å². The molecule has 0 radical (unpaired) electrons. The van der Waals surface area contributed by atoms with Gasteiger partial charge in [0.15, 0.2) is 0 Å². The van der Waals surface area contributed by atoms with Gasteiger partial charge in [-0.3, -0.25) is 4.79 Å². The van der Waals surface area contributed by atoms with Crippen molar-refractivity contribution in [1.29, 1.82) is 0 Å². The van der Waals surface area contributed by atoms with Crippen molar-refractivity contribution in [1.82, 2.24) is 10.0 Å². The van der Waals surface area contributed by atoms with E-state index >= 15 is 0 Å². The number of carbonyl (C=O) groups excluding carboxylic acids is 1. The molecule has 21 heavy (non-hydrogen) atoms. The van der Waals surface area contributed by atoms with E-state index in [0.29, 0.717) is 12.2 Å². The van der Waals surface area contributed by atoms with Crippen molar-refractivity contribution in [2.45, 2.75) is 31.7 Å². The number of halogens is 1. The summed E-state index contributed by atoms with van der Waals surface area (Å²) < 4.78 is 26.8. The van der Waals surface area contributed by atoms with Crippen LogP contribution >= 0.6 is 12.4 Å². The second kappa shape index (κ2) is 8.33. The summed E-state index contributed by atoms with van der Waals surface area (Å²) in [6.45, 7) is 5.36. The molecule has 1 unspecified atom stereocenters. The van der Waals surface area contributed by atoms with Gasteiger partial charge in [-0.1, -0.05) is 6.07 Å². The average molecular weight is 336 g/mol. The molecule has 8 heteroatoms. The van der Waals surface area contributed by atoms with Gasteiger partial charge in [0.05, 0.1) is 4.90 Å². The summed E-state index contributed by atoms with van der Waals surface area (Å²) in [4.78, 5) is 11.2. The highest BCUT2D eigenvalue weighted by molar-refractivity contribution is 7.89. The van der Waals surface area contributed by atoms with Crippen molar-refractivity contribution in [3.05, 3.63) is 23.8 Å². The van der Waals surface area contributed by atoms with Gasteiger partial charge >= 0.3 is 0 Å². The van der Waals surface area contributed by atoms with Crippen LogP contribution in [0.5, 0.6) is 0 Å². The number of amides is 1. The third kappa shape index (κ3) is 6.01. The molecule has 0 heterocycles. The molecule has 1 aromatic carbocycles. The molecule has 0 aromatic heterocycles. The summed E-state index contributed by atoms with van der Waals surface area (Å²) in [7, 11) is -1.82. The zero-order valence-electron chi connectivity index (χ0n) is 12.6. The van der Waals surface area contributed by atoms with Crippen LogP contribution in [0, 0.1) is 6.92 Å². The first-order valence-electron chi connectivity index (χ1n) is 6.31. The number of carbonyl (C=O) groups is 1. The second-order valence-electron chi connectivity index (χ2n) is 4.70. The fourth-order valence-electron chi connectivity index (χ4n) is 1.51. The molecule has 1 amide bonds. The SMILES string of the molecule is CNC(C)CNS(=O)(=O)c1ccc(C)c(NC(C)=O)c1.Cl. The van der Waals surface area contributed by atoms with E-state index in [1.165, 1.54) is 19.1 Å². The number of sulfonamides is 1. The summed E-state index contributed by atoms with van der Waals surface area (Å²) in [6, 6.07) is 4.68. The Morgan fingerprint density at radius 3 is 2.48 bits per heavy atom. The highest BCUT2D eigenvalue weighted by Crippen LogP contribution is 2.20. The van der Waals surface area contributed by atoms with E-state index in [1.54, 1.807) is 20.0 Å². The van der Waals surface area contributed by atoms with Gasteiger partial charge in [-0.25, -0.2) is 13.1 Å². The summed E-state index contributed by atoms with van der Waals surface area (Å²) in [5.41, 5.74) is 1.31. The number of aryl methyl sites for hydroxylation is 1. The van der Waals surface area contributed by atoms with Crippen LogP contribution in [0.3, 0.4) is 0 Å². The largest absolute Gasteiger partial charge is 0.326 e. The maximum atomic E-state index is 12.2. The fourth-order valence-corrected chi connectivity index (χ4v) is 2.67. The van der Waals surface area contributed by atoms with Gasteiger partial charge in [0.25, 0.3) is 0 Å². The summed E-state index contributed by atoms with van der Waals surface area (Å²) in [6.07, 6.45) is 0. The summed E-state index contributed by atoms with van der Waals surface area (Å²) >= 11 is 0. The predicted molar refractivity (Wildman–Crippen MR) is 86.4 cm³/mol. The Bertz CT molecular complexity index is 590. The predicted octanol–water partition coefficient (Wildman–Crippen LogP) is 1.26. The first-order valence-corrected chi connectivity index (χ1v) is 7.79. The van der Waals surface area contributed by atoms with Crippen LogP contribution in [0.2, 0.25) is 0 Å². The van der Waals surface area contributed by atoms with Crippen LogP contribution in [0.4, 0.5) is 5.69 Å². The van der Waals surface area contributed by atoms with Crippen LogP contribution in [0.1, 0.15) is 19.4 Å². The Morgan fingerprint density at radius 2 is 1.95 bits per heavy atom. The van der Waals surface area contributed by atoms with Crippen molar-refractivity contribution < 1.29 is 13.2 Å². The summed E-state index contributed by atoms with van der Waals surface area (Å²) in [5.74, 6) is -0.237. The standard InChI is InChI=1S/C13H21N3O3S.ClH/c1-9-5-6-12(7-13(9)16-11(3)17)20(18,19)15-8-10(2)14-4;/h5-7,10,14-15H,8H2,1-4H3,(H,16,17);1H. The molecule has 0 aliphatic heterocycles. The van der Waals surface area contributed by atoms with E-state index in [9.17, 15) is 13.2 Å². The molecule has 1 aromatic rings. The maximum Gasteiger partial charge on any atom is 0.240 e. The lowest BCUT2D eigenvalue weighted by molar-refractivity contribution is -0.114. The van der Waals surface area contributed by atoms with Gasteiger partial charge in [-0.05, 0) is 38.6 Å². The molecule has 0 bridgehead atoms. The molecule has 6 nitrogen and oxygen atoms in total. The highest BCUT2D eigenvalue weighted by atomic mass is 35.5. The Morgan fingerprint density at radius 1 is 1.33 bits per heavy atom. The van der Waals surface area contributed by atoms with E-state index in [4.69, 9.17) is 0 Å². The molecule has 120 valence electrons. The van der Waals surface area contributed by atoms with Crippen LogP contribution in [0.15, 0.2) is 23.1 Å². The number of anilines is 1. The lowest BCUT2D eigenvalue weighted by Gasteiger charge is -2.13. The molecule has 3 N–H and O–H groups in total. The Kier molecular flexibility index (Phi) is 7.87. The Balaban J connectivity index is 0.00000400. The lowest BCUT2D eigenvalue weighted by atomic mass is 10.2. The first-order chi connectivity index (χ1) is 9.26. The number of hydrogen-bond acceptors (Lipinski definition) is 4. The number of benzene rings is 1. The van der Waals surface area contributed by atoms with Crippen molar-refractivity contribution in [3.63, 3.8) is 0 Å². The number of rotatable bonds is 6. The molecule has 0 aliphatic carbocycles. The zero-order valence-corrected chi connectivity index (χ0v) is 14.2. The van der Waals surface area contributed by atoms with Gasteiger partial charge in [0, 0.05) is 25.2 Å². The highest BCUT2D eigenvalue weighted by Gasteiger charge is 2.16. The normalized spacial score (nSPS) is 12.4. The third-order valence-electron chi connectivity index (χ3n) is 2.90. The van der Waals surface area contributed by atoms with Gasteiger partial charge in [-0.15, -0.1) is 12.4 Å². The molecule has 0 saturated heterocycles. The van der Waals surface area contributed by atoms with E-state index in [0.717, 1.165) is 5.56 Å². The van der Waals surface area contributed by atoms with E-state index in [-0.39, 0.29) is 29.3 Å². The quantitative estimate of drug-likeness (QED) is 0.730. The topological polar surface area (TPSA) is 87.3 Å². The minimum absolute atomic E-state index is 0. The number of nitrogens with one attached hydrogen (secondary N) is 3. The van der Waals surface area contributed by atoms with Crippen LogP contribution in [-0.2, 0) is 14.8 Å². The van der Waals surface area contributed by atoms with Crippen LogP contribution < -0.4 is 15.4 Å². The molecule has 0 spiro atoms. The van der Waals surface area contributed by atoms with Crippen LogP contribution in [-0.4, -0.2) is 34.0 Å². The second-order valence-corrected chi connectivity index (χ2v) is 6.47. The third-order valence-corrected chi connectivity index (χ3v) is 4.32. The van der Waals surface area contributed by atoms with Crippen molar-refractivity contribution in [3.8, 4) is 0 Å². The first kappa shape index (κ1) is 19.9. The number of hydrogen-bond donors (Lipinski definition) is 3. The van der Waals surface area contributed by atoms with E-state index in [1.807, 2.05) is 6.92 Å². The minimum atomic E-state index is -3.58. The van der Waals surface area contributed by atoms with Gasteiger partial charge in [0.2, 0.25) is 15.9 Å². The van der Waals surface area contributed by atoms with Gasteiger partial charge in [-0.2, -0.15) is 0 Å². The monoisotopic (exact) mass is 335 g/mol. The molecule has 1 rings (SSSR count). The Labute approximate surface area is 132 Å². The van der Waals surface area contributed by atoms with E-state index in [2.05, 4.69) is 15.4 Å². The maximum absolute atomic E-state index is 12.2. The minimum Gasteiger partial charge on any atom is -0.326 e. The average Bonchev–Trinajstić information content (AvgIpc) is 2.38. The summed E-state index contributed by atoms with van der Waals surface area (Å²) in [5, 5.41) is 5.57. The molecular formula is C13H22ClN3O3S. The van der Waals surface area contributed by atoms with Crippen molar-refractivity contribution >= 4 is 34.0 Å². The fraction of sp³-hybridized carbons (Fsp3) is 0.462. The Hall–Kier alpha value is -1.15. The molecule has 0 saturated carbocycles. The smallest absolute Gasteiger partial charge is 0.240 e. The van der Waals surface area contributed by atoms with Gasteiger partial charge in [0.1, 0.15) is 0 Å². The molecule has 0 fully saturated rings. The van der Waals surface area contributed by atoms with Gasteiger partial charge < -0.3 is 10.6 Å². The zero-order chi connectivity index (χ0) is 15.3.